The summed E-state index contributed by atoms with van der Waals surface area (Å²) in [7, 11) is 1.92. The number of anilines is 2. The Morgan fingerprint density at radius 3 is 3.11 bits per heavy atom. The van der Waals surface area contributed by atoms with Gasteiger partial charge in [0, 0.05) is 50.7 Å². The van der Waals surface area contributed by atoms with Crippen molar-refractivity contribution in [2.75, 3.05) is 43.4 Å². The van der Waals surface area contributed by atoms with Crippen LogP contribution in [0, 0.1) is 0 Å². The van der Waals surface area contributed by atoms with E-state index in [4.69, 9.17) is 0 Å². The largest absolute Gasteiger partial charge is 0.373 e. The molecule has 1 atom stereocenters. The highest BCUT2D eigenvalue weighted by molar-refractivity contribution is 5.54. The Morgan fingerprint density at radius 2 is 2.22 bits per heavy atom. The van der Waals surface area contributed by atoms with Crippen molar-refractivity contribution in [2.24, 2.45) is 0 Å². The molecule has 1 aromatic heterocycles. The first-order valence-corrected chi connectivity index (χ1v) is 6.99. The van der Waals surface area contributed by atoms with Crippen molar-refractivity contribution in [3.8, 4) is 0 Å². The van der Waals surface area contributed by atoms with Gasteiger partial charge in [-0.2, -0.15) is 0 Å². The normalized spacial score (nSPS) is 24.7. The lowest BCUT2D eigenvalue weighted by Gasteiger charge is -2.44. The van der Waals surface area contributed by atoms with Gasteiger partial charge in [-0.15, -0.1) is 0 Å². The highest BCUT2D eigenvalue weighted by atomic mass is 15.3. The van der Waals surface area contributed by atoms with E-state index in [0.29, 0.717) is 0 Å². The molecular weight excluding hydrogens is 224 g/mol. The Hall–Kier alpha value is -1.29. The summed E-state index contributed by atoms with van der Waals surface area (Å²) < 4.78 is 0. The molecule has 0 aromatic carbocycles. The first-order chi connectivity index (χ1) is 8.86. The molecule has 98 valence electrons. The zero-order valence-electron chi connectivity index (χ0n) is 11.1. The van der Waals surface area contributed by atoms with Crippen molar-refractivity contribution in [2.45, 2.75) is 25.3 Å². The maximum absolute atomic E-state index is 4.29. The maximum atomic E-state index is 4.29. The van der Waals surface area contributed by atoms with Crippen LogP contribution in [0.1, 0.15) is 19.3 Å². The maximum Gasteiger partial charge on any atom is 0.127 e. The van der Waals surface area contributed by atoms with E-state index in [0.717, 1.165) is 18.4 Å². The molecule has 0 bridgehead atoms. The van der Waals surface area contributed by atoms with E-state index in [9.17, 15) is 0 Å². The van der Waals surface area contributed by atoms with Gasteiger partial charge in [0.15, 0.2) is 0 Å². The number of rotatable bonds is 2. The molecule has 0 saturated carbocycles. The molecule has 4 heteroatoms. The van der Waals surface area contributed by atoms with E-state index < -0.39 is 0 Å². The van der Waals surface area contributed by atoms with Crippen LogP contribution in [0.5, 0.6) is 0 Å². The molecule has 0 spiro atoms. The van der Waals surface area contributed by atoms with Crippen molar-refractivity contribution in [1.29, 1.82) is 0 Å². The number of hydrogen-bond donors (Lipinski definition) is 1. The molecule has 1 unspecified atom stereocenters. The topological polar surface area (TPSA) is 31.4 Å². The second-order valence-electron chi connectivity index (χ2n) is 5.28. The highest BCUT2D eigenvalue weighted by Crippen LogP contribution is 2.25. The zero-order chi connectivity index (χ0) is 12.4. The smallest absolute Gasteiger partial charge is 0.127 e. The second kappa shape index (κ2) is 5.14. The summed E-state index contributed by atoms with van der Waals surface area (Å²) in [5, 5.41) is 3.11. The third-order valence-electron chi connectivity index (χ3n) is 4.20. The van der Waals surface area contributed by atoms with Crippen LogP contribution in [-0.4, -0.2) is 49.2 Å². The van der Waals surface area contributed by atoms with Crippen LogP contribution in [0.2, 0.25) is 0 Å². The molecule has 2 aliphatic heterocycles. The second-order valence-corrected chi connectivity index (χ2v) is 5.28. The fourth-order valence-corrected chi connectivity index (χ4v) is 3.14. The number of pyridine rings is 1. The molecule has 2 saturated heterocycles. The van der Waals surface area contributed by atoms with E-state index in [-0.39, 0.29) is 0 Å². The predicted molar refractivity (Wildman–Crippen MR) is 75.2 cm³/mol. The van der Waals surface area contributed by atoms with E-state index in [1.165, 1.54) is 44.6 Å². The molecule has 0 aliphatic carbocycles. The van der Waals surface area contributed by atoms with Gasteiger partial charge in [-0.3, -0.25) is 4.90 Å². The Kier molecular flexibility index (Phi) is 3.37. The molecule has 3 heterocycles. The summed E-state index contributed by atoms with van der Waals surface area (Å²) in [5.41, 5.74) is 1.31. The molecule has 18 heavy (non-hydrogen) atoms. The lowest BCUT2D eigenvalue weighted by molar-refractivity contribution is 0.133. The fourth-order valence-electron chi connectivity index (χ4n) is 3.14. The van der Waals surface area contributed by atoms with Gasteiger partial charge in [-0.1, -0.05) is 6.42 Å². The number of nitrogens with one attached hydrogen (secondary N) is 1. The first kappa shape index (κ1) is 11.8. The third kappa shape index (κ3) is 2.29. The number of fused-ring (bicyclic) bond motifs is 1. The van der Waals surface area contributed by atoms with Crippen LogP contribution in [-0.2, 0) is 0 Å². The summed E-state index contributed by atoms with van der Waals surface area (Å²) in [4.78, 5) is 9.46. The van der Waals surface area contributed by atoms with Crippen LogP contribution in [0.3, 0.4) is 0 Å². The minimum Gasteiger partial charge on any atom is -0.373 e. The van der Waals surface area contributed by atoms with Gasteiger partial charge in [0.1, 0.15) is 5.82 Å². The van der Waals surface area contributed by atoms with Gasteiger partial charge < -0.3 is 10.2 Å². The molecule has 2 aliphatic rings. The number of nitrogens with zero attached hydrogens (tertiary/aromatic N) is 3. The van der Waals surface area contributed by atoms with E-state index in [1.807, 2.05) is 13.2 Å². The van der Waals surface area contributed by atoms with E-state index in [1.54, 1.807) is 0 Å². The van der Waals surface area contributed by atoms with Gasteiger partial charge in [-0.25, -0.2) is 4.98 Å². The molecule has 0 amide bonds. The Labute approximate surface area is 109 Å². The molecular formula is C14H22N4. The van der Waals surface area contributed by atoms with Gasteiger partial charge in [0.2, 0.25) is 0 Å². The minimum absolute atomic E-state index is 0.763. The van der Waals surface area contributed by atoms with Crippen molar-refractivity contribution >= 4 is 11.5 Å². The van der Waals surface area contributed by atoms with Crippen LogP contribution in [0.15, 0.2) is 18.3 Å². The van der Waals surface area contributed by atoms with Crippen LogP contribution in [0.25, 0.3) is 0 Å². The minimum atomic E-state index is 0.763. The van der Waals surface area contributed by atoms with Crippen LogP contribution < -0.4 is 10.2 Å². The number of hydrogen-bond acceptors (Lipinski definition) is 4. The molecule has 3 rings (SSSR count). The van der Waals surface area contributed by atoms with E-state index >= 15 is 0 Å². The van der Waals surface area contributed by atoms with Gasteiger partial charge in [-0.05, 0) is 25.5 Å². The average Bonchev–Trinajstić information content (AvgIpc) is 2.47. The van der Waals surface area contributed by atoms with Gasteiger partial charge in [0.05, 0.1) is 0 Å². The van der Waals surface area contributed by atoms with Gasteiger partial charge in [0.25, 0.3) is 0 Å². The average molecular weight is 246 g/mol. The van der Waals surface area contributed by atoms with Crippen LogP contribution >= 0.6 is 0 Å². The summed E-state index contributed by atoms with van der Waals surface area (Å²) in [6, 6.07) is 5.04. The molecule has 1 N–H and O–H groups in total. The fraction of sp³-hybridized carbons (Fsp3) is 0.643. The summed E-state index contributed by atoms with van der Waals surface area (Å²) in [5.74, 6) is 0.957. The highest BCUT2D eigenvalue weighted by Gasteiger charge is 2.28. The predicted octanol–water partition coefficient (Wildman–Crippen LogP) is 1.80. The Morgan fingerprint density at radius 1 is 1.28 bits per heavy atom. The lowest BCUT2D eigenvalue weighted by atomic mass is 9.99. The monoisotopic (exact) mass is 246 g/mol. The van der Waals surface area contributed by atoms with E-state index in [2.05, 4.69) is 32.2 Å². The summed E-state index contributed by atoms with van der Waals surface area (Å²) >= 11 is 0. The Bertz CT molecular complexity index is 407. The third-order valence-corrected chi connectivity index (χ3v) is 4.20. The van der Waals surface area contributed by atoms with Crippen molar-refractivity contribution in [3.63, 3.8) is 0 Å². The summed E-state index contributed by atoms with van der Waals surface area (Å²) in [6.45, 7) is 4.83. The number of piperazine rings is 1. The Balaban J connectivity index is 1.72. The van der Waals surface area contributed by atoms with Crippen LogP contribution in [0.4, 0.5) is 11.5 Å². The molecule has 2 fully saturated rings. The quantitative estimate of drug-likeness (QED) is 0.862. The van der Waals surface area contributed by atoms with Crippen molar-refractivity contribution in [3.05, 3.63) is 18.3 Å². The summed E-state index contributed by atoms with van der Waals surface area (Å²) in [6.07, 6.45) is 6.04. The van der Waals surface area contributed by atoms with Crippen molar-refractivity contribution in [1.82, 2.24) is 9.88 Å². The van der Waals surface area contributed by atoms with Crippen molar-refractivity contribution < 1.29 is 0 Å². The van der Waals surface area contributed by atoms with Gasteiger partial charge >= 0.3 is 0 Å². The number of aromatic nitrogens is 1. The zero-order valence-corrected chi connectivity index (χ0v) is 11.1. The first-order valence-electron chi connectivity index (χ1n) is 6.99. The SMILES string of the molecule is CNc1cc(N2CCN3CCCCC3C2)ccn1. The molecule has 1 aromatic rings. The standard InChI is InChI=1S/C14H22N4/c1-15-14-10-12(5-6-16-14)18-9-8-17-7-3-2-4-13(17)11-18/h5-6,10,13H,2-4,7-9,11H2,1H3,(H,15,16). The number of piperidine rings is 1. The molecule has 0 radical (unpaired) electrons. The molecule has 4 nitrogen and oxygen atoms in total. The lowest BCUT2D eigenvalue weighted by Crippen LogP contribution is -2.54.